The summed E-state index contributed by atoms with van der Waals surface area (Å²) in [6.07, 6.45) is 0. The number of nitrogens with zero attached hydrogens (tertiary/aromatic N) is 1. The predicted octanol–water partition coefficient (Wildman–Crippen LogP) is 1.77. The fourth-order valence-corrected chi connectivity index (χ4v) is 1.53. The summed E-state index contributed by atoms with van der Waals surface area (Å²) in [6, 6.07) is 4.48. The Kier molecular flexibility index (Phi) is 4.83. The summed E-state index contributed by atoms with van der Waals surface area (Å²) in [4.78, 5) is 23.5. The summed E-state index contributed by atoms with van der Waals surface area (Å²) >= 11 is 0. The summed E-state index contributed by atoms with van der Waals surface area (Å²) in [5.74, 6) is -1.42. The van der Waals surface area contributed by atoms with Crippen LogP contribution in [0.25, 0.3) is 0 Å². The van der Waals surface area contributed by atoms with Crippen molar-refractivity contribution >= 4 is 11.7 Å². The molecule has 1 amide bonds. The van der Waals surface area contributed by atoms with Gasteiger partial charge in [0.25, 0.3) is 5.91 Å². The molecule has 0 unspecified atom stereocenters. The number of carbonyl (C=O) groups is 2. The number of halogens is 1. The van der Waals surface area contributed by atoms with Crippen LogP contribution >= 0.6 is 0 Å². The quantitative estimate of drug-likeness (QED) is 0.751. The lowest BCUT2D eigenvalue weighted by Gasteiger charge is -2.16. The minimum Gasteiger partial charge on any atom is -0.491 e. The van der Waals surface area contributed by atoms with E-state index in [4.69, 9.17) is 4.74 Å². The number of ether oxygens (including phenoxy) is 1. The van der Waals surface area contributed by atoms with Gasteiger partial charge >= 0.3 is 0 Å². The molecule has 0 radical (unpaired) electrons. The van der Waals surface area contributed by atoms with Gasteiger partial charge in [-0.2, -0.15) is 0 Å². The fraction of sp³-hybridized carbons (Fsp3) is 0.385. The van der Waals surface area contributed by atoms with Crippen LogP contribution in [-0.2, 0) is 16.1 Å². The molecule has 0 atom stereocenters. The summed E-state index contributed by atoms with van der Waals surface area (Å²) in [5, 5.41) is 0. The molecule has 0 aromatic heterocycles. The molecule has 0 aliphatic carbocycles. The third kappa shape index (κ3) is 3.55. The van der Waals surface area contributed by atoms with Crippen LogP contribution in [-0.4, -0.2) is 30.2 Å². The molecule has 5 heteroatoms. The number of rotatable bonds is 5. The van der Waals surface area contributed by atoms with Crippen LogP contribution in [0.2, 0.25) is 0 Å². The summed E-state index contributed by atoms with van der Waals surface area (Å²) in [7, 11) is 1.50. The van der Waals surface area contributed by atoms with Crippen LogP contribution in [0.4, 0.5) is 4.39 Å². The summed E-state index contributed by atoms with van der Waals surface area (Å²) < 4.78 is 18.6. The van der Waals surface area contributed by atoms with Gasteiger partial charge in [0.2, 0.25) is 5.78 Å². The average molecular weight is 253 g/mol. The largest absolute Gasteiger partial charge is 0.491 e. The molecule has 0 aliphatic rings. The highest BCUT2D eigenvalue weighted by Gasteiger charge is 2.14. The molecule has 0 fully saturated rings. The molecule has 0 N–H and O–H groups in total. The molecule has 18 heavy (non-hydrogen) atoms. The van der Waals surface area contributed by atoms with Gasteiger partial charge in [0.1, 0.15) is 0 Å². The van der Waals surface area contributed by atoms with E-state index >= 15 is 0 Å². The highest BCUT2D eigenvalue weighted by molar-refractivity contribution is 6.34. The van der Waals surface area contributed by atoms with Crippen molar-refractivity contribution in [2.75, 3.05) is 13.7 Å². The maximum atomic E-state index is 13.6. The second kappa shape index (κ2) is 6.14. The lowest BCUT2D eigenvalue weighted by Crippen LogP contribution is -2.31. The molecular weight excluding hydrogens is 237 g/mol. The van der Waals surface area contributed by atoms with Gasteiger partial charge in [0.15, 0.2) is 11.6 Å². The van der Waals surface area contributed by atoms with E-state index in [0.29, 0.717) is 12.2 Å². The maximum Gasteiger partial charge on any atom is 0.289 e. The lowest BCUT2D eigenvalue weighted by molar-refractivity contribution is -0.143. The first-order valence-electron chi connectivity index (χ1n) is 5.63. The van der Waals surface area contributed by atoms with Gasteiger partial charge in [-0.1, -0.05) is 6.07 Å². The third-order valence-electron chi connectivity index (χ3n) is 2.36. The van der Waals surface area contributed by atoms with E-state index in [-0.39, 0.29) is 12.3 Å². The van der Waals surface area contributed by atoms with E-state index in [1.54, 1.807) is 13.0 Å². The molecule has 0 saturated carbocycles. The van der Waals surface area contributed by atoms with Gasteiger partial charge in [-0.05, 0) is 24.6 Å². The first-order chi connectivity index (χ1) is 8.45. The Morgan fingerprint density at radius 3 is 2.56 bits per heavy atom. The second-order valence-corrected chi connectivity index (χ2v) is 3.92. The van der Waals surface area contributed by atoms with E-state index in [1.165, 1.54) is 31.0 Å². The standard InChI is InChI=1S/C13H16FNO3/c1-4-18-12-6-5-10(7-11(12)14)8-15(3)13(17)9(2)16/h5-7H,4,8H2,1-3H3. The van der Waals surface area contributed by atoms with Crippen molar-refractivity contribution in [3.8, 4) is 5.75 Å². The maximum absolute atomic E-state index is 13.6. The number of likely N-dealkylation sites (N-methyl/N-ethyl adjacent to an activating group) is 1. The zero-order chi connectivity index (χ0) is 13.7. The second-order valence-electron chi connectivity index (χ2n) is 3.92. The highest BCUT2D eigenvalue weighted by Crippen LogP contribution is 2.19. The van der Waals surface area contributed by atoms with Crippen molar-refractivity contribution in [2.24, 2.45) is 0 Å². The SMILES string of the molecule is CCOc1ccc(CN(C)C(=O)C(C)=O)cc1F. The molecule has 98 valence electrons. The third-order valence-corrected chi connectivity index (χ3v) is 2.36. The number of hydrogen-bond acceptors (Lipinski definition) is 3. The van der Waals surface area contributed by atoms with Crippen molar-refractivity contribution in [1.29, 1.82) is 0 Å². The molecule has 1 aromatic rings. The molecule has 0 heterocycles. The molecule has 4 nitrogen and oxygen atoms in total. The van der Waals surface area contributed by atoms with Crippen molar-refractivity contribution in [1.82, 2.24) is 4.90 Å². The first kappa shape index (κ1) is 14.2. The number of amides is 1. The molecule has 0 aliphatic heterocycles. The Morgan fingerprint density at radius 2 is 2.06 bits per heavy atom. The predicted molar refractivity (Wildman–Crippen MR) is 64.7 cm³/mol. The van der Waals surface area contributed by atoms with Crippen LogP contribution in [0.15, 0.2) is 18.2 Å². The van der Waals surface area contributed by atoms with E-state index < -0.39 is 17.5 Å². The number of Topliss-reactive ketones (excluding diaryl/α,β-unsaturated/α-hetero) is 1. The minimum absolute atomic E-state index is 0.182. The Labute approximate surface area is 105 Å². The lowest BCUT2D eigenvalue weighted by atomic mass is 10.2. The van der Waals surface area contributed by atoms with Crippen molar-refractivity contribution in [3.05, 3.63) is 29.6 Å². The van der Waals surface area contributed by atoms with Gasteiger partial charge in [0.05, 0.1) is 6.61 Å². The van der Waals surface area contributed by atoms with Crippen molar-refractivity contribution in [2.45, 2.75) is 20.4 Å². The number of hydrogen-bond donors (Lipinski definition) is 0. The van der Waals surface area contributed by atoms with Crippen LogP contribution in [0.5, 0.6) is 5.75 Å². The molecule has 1 aromatic carbocycles. The van der Waals surface area contributed by atoms with Gasteiger partial charge in [-0.25, -0.2) is 4.39 Å². The minimum atomic E-state index is -0.593. The van der Waals surface area contributed by atoms with Crippen LogP contribution in [0.3, 0.4) is 0 Å². The van der Waals surface area contributed by atoms with Gasteiger partial charge in [-0.15, -0.1) is 0 Å². The average Bonchev–Trinajstić information content (AvgIpc) is 2.31. The van der Waals surface area contributed by atoms with E-state index in [0.717, 1.165) is 0 Å². The number of ketones is 1. The van der Waals surface area contributed by atoms with Crippen LogP contribution < -0.4 is 4.74 Å². The highest BCUT2D eigenvalue weighted by atomic mass is 19.1. The van der Waals surface area contributed by atoms with Gasteiger partial charge < -0.3 is 9.64 Å². The van der Waals surface area contributed by atoms with Crippen LogP contribution in [0, 0.1) is 5.82 Å². The van der Waals surface area contributed by atoms with Crippen molar-refractivity contribution < 1.29 is 18.7 Å². The Balaban J connectivity index is 2.77. The molecule has 0 spiro atoms. The topological polar surface area (TPSA) is 46.6 Å². The molecular formula is C13H16FNO3. The molecule has 1 rings (SSSR count). The zero-order valence-electron chi connectivity index (χ0n) is 10.7. The summed E-state index contributed by atoms with van der Waals surface area (Å²) in [5.41, 5.74) is 0.605. The normalized spacial score (nSPS) is 10.0. The Bertz CT molecular complexity index is 460. The Morgan fingerprint density at radius 1 is 1.39 bits per heavy atom. The van der Waals surface area contributed by atoms with Crippen molar-refractivity contribution in [3.63, 3.8) is 0 Å². The fourth-order valence-electron chi connectivity index (χ4n) is 1.53. The first-order valence-corrected chi connectivity index (χ1v) is 5.63. The van der Waals surface area contributed by atoms with Gasteiger partial charge in [-0.3, -0.25) is 9.59 Å². The Hall–Kier alpha value is -1.91. The molecule has 0 saturated heterocycles. The molecule has 0 bridgehead atoms. The van der Waals surface area contributed by atoms with Crippen LogP contribution in [0.1, 0.15) is 19.4 Å². The van der Waals surface area contributed by atoms with E-state index in [9.17, 15) is 14.0 Å². The van der Waals surface area contributed by atoms with E-state index in [2.05, 4.69) is 0 Å². The number of carbonyl (C=O) groups excluding carboxylic acids is 2. The summed E-state index contributed by atoms with van der Waals surface area (Å²) in [6.45, 7) is 3.55. The number of benzene rings is 1. The van der Waals surface area contributed by atoms with Gasteiger partial charge in [0, 0.05) is 20.5 Å². The van der Waals surface area contributed by atoms with E-state index in [1.807, 2.05) is 0 Å². The monoisotopic (exact) mass is 253 g/mol. The zero-order valence-corrected chi connectivity index (χ0v) is 10.7. The smallest absolute Gasteiger partial charge is 0.289 e.